The standard InChI is InChI=1S/C13H19N3/c1-9-11-5-2-6-12(11)16-13(15-9)10-4-3-7-14-8-10/h10,14H,2-8H2,1H3. The summed E-state index contributed by atoms with van der Waals surface area (Å²) >= 11 is 0. The molecule has 3 nitrogen and oxygen atoms in total. The maximum atomic E-state index is 4.79. The number of piperidine rings is 1. The van der Waals surface area contributed by atoms with E-state index < -0.39 is 0 Å². The Morgan fingerprint density at radius 2 is 2.12 bits per heavy atom. The predicted octanol–water partition coefficient (Wildman–Crippen LogP) is 1.74. The minimum absolute atomic E-state index is 0.540. The second-order valence-electron chi connectivity index (χ2n) is 4.99. The largest absolute Gasteiger partial charge is 0.316 e. The van der Waals surface area contributed by atoms with Crippen LogP contribution in [0, 0.1) is 6.92 Å². The summed E-state index contributed by atoms with van der Waals surface area (Å²) in [4.78, 5) is 9.50. The number of nitrogens with zero attached hydrogens (tertiary/aromatic N) is 2. The zero-order valence-corrected chi connectivity index (χ0v) is 9.92. The van der Waals surface area contributed by atoms with Crippen LogP contribution in [0.5, 0.6) is 0 Å². The van der Waals surface area contributed by atoms with E-state index in [-0.39, 0.29) is 0 Å². The Balaban J connectivity index is 1.92. The molecular weight excluding hydrogens is 198 g/mol. The molecule has 2 heterocycles. The summed E-state index contributed by atoms with van der Waals surface area (Å²) in [6.45, 7) is 4.35. The van der Waals surface area contributed by atoms with E-state index in [2.05, 4.69) is 12.2 Å². The zero-order chi connectivity index (χ0) is 11.0. The lowest BCUT2D eigenvalue weighted by Crippen LogP contribution is -2.29. The number of nitrogens with one attached hydrogen (secondary N) is 1. The Morgan fingerprint density at radius 1 is 1.19 bits per heavy atom. The number of rotatable bonds is 1. The highest BCUT2D eigenvalue weighted by atomic mass is 14.9. The van der Waals surface area contributed by atoms with E-state index in [0.29, 0.717) is 5.92 Å². The third kappa shape index (κ3) is 1.73. The SMILES string of the molecule is Cc1nc(C2CCCNC2)nc2c1CCC2. The first-order valence-corrected chi connectivity index (χ1v) is 6.41. The summed E-state index contributed by atoms with van der Waals surface area (Å²) in [5.41, 5.74) is 3.98. The van der Waals surface area contributed by atoms with Gasteiger partial charge in [0.05, 0.1) is 0 Å². The molecule has 0 amide bonds. The Morgan fingerprint density at radius 3 is 2.94 bits per heavy atom. The molecule has 0 spiro atoms. The van der Waals surface area contributed by atoms with Crippen LogP contribution in [0.4, 0.5) is 0 Å². The first-order chi connectivity index (χ1) is 7.84. The molecule has 1 unspecified atom stereocenters. The minimum Gasteiger partial charge on any atom is -0.316 e. The highest BCUT2D eigenvalue weighted by Gasteiger charge is 2.22. The van der Waals surface area contributed by atoms with Crippen molar-refractivity contribution in [1.29, 1.82) is 0 Å². The van der Waals surface area contributed by atoms with Crippen molar-refractivity contribution in [3.63, 3.8) is 0 Å². The lowest BCUT2D eigenvalue weighted by Gasteiger charge is -2.22. The van der Waals surface area contributed by atoms with Crippen LogP contribution >= 0.6 is 0 Å². The molecule has 1 aromatic rings. The number of hydrogen-bond donors (Lipinski definition) is 1. The maximum absolute atomic E-state index is 4.79. The highest BCUT2D eigenvalue weighted by Crippen LogP contribution is 2.26. The van der Waals surface area contributed by atoms with Gasteiger partial charge in [0.1, 0.15) is 5.82 Å². The van der Waals surface area contributed by atoms with Crippen LogP contribution in [-0.2, 0) is 12.8 Å². The summed E-state index contributed by atoms with van der Waals surface area (Å²) in [6.07, 6.45) is 6.10. The summed E-state index contributed by atoms with van der Waals surface area (Å²) in [5, 5.41) is 3.44. The monoisotopic (exact) mass is 217 g/mol. The Labute approximate surface area is 96.7 Å². The van der Waals surface area contributed by atoms with Gasteiger partial charge in [0, 0.05) is 23.9 Å². The van der Waals surface area contributed by atoms with E-state index >= 15 is 0 Å². The van der Waals surface area contributed by atoms with Gasteiger partial charge in [0.15, 0.2) is 0 Å². The van der Waals surface area contributed by atoms with Crippen molar-refractivity contribution in [3.8, 4) is 0 Å². The van der Waals surface area contributed by atoms with Crippen molar-refractivity contribution in [1.82, 2.24) is 15.3 Å². The van der Waals surface area contributed by atoms with Gasteiger partial charge in [-0.3, -0.25) is 0 Å². The van der Waals surface area contributed by atoms with Crippen molar-refractivity contribution in [2.45, 2.75) is 44.9 Å². The molecule has 0 aromatic carbocycles. The van der Waals surface area contributed by atoms with E-state index in [1.807, 2.05) is 0 Å². The zero-order valence-electron chi connectivity index (χ0n) is 9.92. The van der Waals surface area contributed by atoms with Gasteiger partial charge < -0.3 is 5.32 Å². The molecule has 3 rings (SSSR count). The van der Waals surface area contributed by atoms with Crippen molar-refractivity contribution in [2.75, 3.05) is 13.1 Å². The second-order valence-corrected chi connectivity index (χ2v) is 4.99. The van der Waals surface area contributed by atoms with E-state index in [4.69, 9.17) is 9.97 Å². The van der Waals surface area contributed by atoms with Crippen LogP contribution in [0.1, 0.15) is 48.0 Å². The molecule has 1 N–H and O–H groups in total. The number of aryl methyl sites for hydroxylation is 2. The Bertz CT molecular complexity index is 394. The van der Waals surface area contributed by atoms with Crippen LogP contribution in [0.2, 0.25) is 0 Å². The van der Waals surface area contributed by atoms with Crippen LogP contribution in [0.3, 0.4) is 0 Å². The lowest BCUT2D eigenvalue weighted by molar-refractivity contribution is 0.445. The van der Waals surface area contributed by atoms with Crippen LogP contribution in [0.15, 0.2) is 0 Å². The summed E-state index contributed by atoms with van der Waals surface area (Å²) in [5.74, 6) is 1.63. The van der Waals surface area contributed by atoms with Crippen LogP contribution in [0.25, 0.3) is 0 Å². The van der Waals surface area contributed by atoms with E-state index in [1.54, 1.807) is 0 Å². The molecule has 1 fully saturated rings. The van der Waals surface area contributed by atoms with Crippen molar-refractivity contribution < 1.29 is 0 Å². The van der Waals surface area contributed by atoms with Gasteiger partial charge in [-0.25, -0.2) is 9.97 Å². The van der Waals surface area contributed by atoms with Gasteiger partial charge in [-0.2, -0.15) is 0 Å². The Kier molecular flexibility index (Phi) is 2.64. The smallest absolute Gasteiger partial charge is 0.133 e. The maximum Gasteiger partial charge on any atom is 0.133 e. The summed E-state index contributed by atoms with van der Waals surface area (Å²) < 4.78 is 0. The molecule has 1 aliphatic carbocycles. The quantitative estimate of drug-likeness (QED) is 0.778. The van der Waals surface area contributed by atoms with Crippen molar-refractivity contribution in [2.24, 2.45) is 0 Å². The lowest BCUT2D eigenvalue weighted by atomic mass is 9.98. The topological polar surface area (TPSA) is 37.8 Å². The fraction of sp³-hybridized carbons (Fsp3) is 0.692. The molecule has 86 valence electrons. The molecule has 0 bridgehead atoms. The van der Waals surface area contributed by atoms with E-state index in [9.17, 15) is 0 Å². The van der Waals surface area contributed by atoms with Crippen LogP contribution < -0.4 is 5.32 Å². The fourth-order valence-electron chi connectivity index (χ4n) is 2.90. The molecular formula is C13H19N3. The third-order valence-electron chi connectivity index (χ3n) is 3.82. The molecule has 1 atom stereocenters. The van der Waals surface area contributed by atoms with Crippen molar-refractivity contribution >= 4 is 0 Å². The highest BCUT2D eigenvalue weighted by molar-refractivity contribution is 5.30. The molecule has 1 saturated heterocycles. The van der Waals surface area contributed by atoms with E-state index in [1.165, 1.54) is 42.6 Å². The van der Waals surface area contributed by atoms with Gasteiger partial charge in [-0.1, -0.05) is 0 Å². The fourth-order valence-corrected chi connectivity index (χ4v) is 2.90. The summed E-state index contributed by atoms with van der Waals surface area (Å²) in [6, 6.07) is 0. The molecule has 1 aliphatic heterocycles. The van der Waals surface area contributed by atoms with Crippen molar-refractivity contribution in [3.05, 3.63) is 22.8 Å². The van der Waals surface area contributed by atoms with E-state index in [0.717, 1.165) is 25.3 Å². The molecule has 3 heteroatoms. The van der Waals surface area contributed by atoms with Crippen LogP contribution in [-0.4, -0.2) is 23.1 Å². The normalized spacial score (nSPS) is 24.4. The predicted molar refractivity (Wildman–Crippen MR) is 63.6 cm³/mol. The number of fused-ring (bicyclic) bond motifs is 1. The van der Waals surface area contributed by atoms with Gasteiger partial charge >= 0.3 is 0 Å². The first-order valence-electron chi connectivity index (χ1n) is 6.41. The van der Waals surface area contributed by atoms with Gasteiger partial charge in [-0.15, -0.1) is 0 Å². The first kappa shape index (κ1) is 10.2. The number of hydrogen-bond acceptors (Lipinski definition) is 3. The number of aromatic nitrogens is 2. The average Bonchev–Trinajstić information content (AvgIpc) is 2.79. The summed E-state index contributed by atoms with van der Waals surface area (Å²) in [7, 11) is 0. The molecule has 0 saturated carbocycles. The van der Waals surface area contributed by atoms with Gasteiger partial charge in [0.2, 0.25) is 0 Å². The molecule has 1 aromatic heterocycles. The van der Waals surface area contributed by atoms with Gasteiger partial charge in [-0.05, 0) is 51.1 Å². The molecule has 16 heavy (non-hydrogen) atoms. The molecule has 2 aliphatic rings. The Hall–Kier alpha value is -0.960. The second kappa shape index (κ2) is 4.13. The third-order valence-corrected chi connectivity index (χ3v) is 3.82. The van der Waals surface area contributed by atoms with Gasteiger partial charge in [0.25, 0.3) is 0 Å². The minimum atomic E-state index is 0.540. The average molecular weight is 217 g/mol. The molecule has 0 radical (unpaired) electrons.